The van der Waals surface area contributed by atoms with Crippen LogP contribution < -0.4 is 10.6 Å². The lowest BCUT2D eigenvalue weighted by Crippen LogP contribution is -2.42. The SMILES string of the molecule is CC(C)(C)OC(=O)N[C@H]1CC[C@H](Nc2ncc(F)c(-c3cccc(-c4ccccc4)c3)n2)CC1. The molecular formula is C27H31FN4O2. The maximum atomic E-state index is 14.7. The molecular weight excluding hydrogens is 431 g/mol. The maximum Gasteiger partial charge on any atom is 0.407 e. The summed E-state index contributed by atoms with van der Waals surface area (Å²) in [5, 5.41) is 6.29. The molecule has 2 aromatic carbocycles. The fourth-order valence-corrected chi connectivity index (χ4v) is 4.15. The van der Waals surface area contributed by atoms with E-state index in [-0.39, 0.29) is 23.9 Å². The Morgan fingerprint density at radius 3 is 2.29 bits per heavy atom. The summed E-state index contributed by atoms with van der Waals surface area (Å²) in [7, 11) is 0. The number of benzene rings is 2. The molecule has 0 bridgehead atoms. The van der Waals surface area contributed by atoms with Crippen molar-refractivity contribution in [3.8, 4) is 22.4 Å². The van der Waals surface area contributed by atoms with Crippen LogP contribution >= 0.6 is 0 Å². The first-order valence-corrected chi connectivity index (χ1v) is 11.7. The predicted molar refractivity (Wildman–Crippen MR) is 132 cm³/mol. The number of hydrogen-bond acceptors (Lipinski definition) is 5. The fraction of sp³-hybridized carbons (Fsp3) is 0.370. The van der Waals surface area contributed by atoms with E-state index in [0.717, 1.165) is 36.8 Å². The maximum absolute atomic E-state index is 14.7. The molecule has 1 fully saturated rings. The second-order valence-corrected chi connectivity index (χ2v) is 9.68. The molecule has 3 aromatic rings. The van der Waals surface area contributed by atoms with E-state index in [9.17, 15) is 9.18 Å². The number of nitrogens with zero attached hydrogens (tertiary/aromatic N) is 2. The Bertz CT molecular complexity index is 1120. The van der Waals surface area contributed by atoms with Crippen molar-refractivity contribution in [2.75, 3.05) is 5.32 Å². The van der Waals surface area contributed by atoms with Crippen LogP contribution in [0.15, 0.2) is 60.8 Å². The Morgan fingerprint density at radius 2 is 1.59 bits per heavy atom. The van der Waals surface area contributed by atoms with E-state index in [4.69, 9.17) is 4.74 Å². The largest absolute Gasteiger partial charge is 0.444 e. The summed E-state index contributed by atoms with van der Waals surface area (Å²) in [5.74, 6) is -0.0499. The van der Waals surface area contributed by atoms with Crippen LogP contribution in [-0.2, 0) is 4.74 Å². The number of ether oxygens (including phenoxy) is 1. The number of anilines is 1. The lowest BCUT2D eigenvalue weighted by atomic mass is 9.91. The molecule has 6 nitrogen and oxygen atoms in total. The Balaban J connectivity index is 1.40. The van der Waals surface area contributed by atoms with Gasteiger partial charge in [-0.3, -0.25) is 0 Å². The Hall–Kier alpha value is -3.48. The van der Waals surface area contributed by atoms with Crippen LogP contribution in [0.5, 0.6) is 0 Å². The van der Waals surface area contributed by atoms with Crippen LogP contribution in [0.25, 0.3) is 22.4 Å². The Labute approximate surface area is 200 Å². The molecule has 0 unspecified atom stereocenters. The lowest BCUT2D eigenvalue weighted by molar-refractivity contribution is 0.0492. The standard InChI is InChI=1S/C27H31FN4O2/c1-27(2,3)34-26(33)31-22-14-12-21(13-15-22)30-25-29-17-23(28)24(32-25)20-11-7-10-19(16-20)18-8-5-4-6-9-18/h4-11,16-17,21-22H,12-15H2,1-3H3,(H,31,33)(H,29,30,32)/t21-,22-. The second-order valence-electron chi connectivity index (χ2n) is 9.68. The summed E-state index contributed by atoms with van der Waals surface area (Å²) >= 11 is 0. The van der Waals surface area contributed by atoms with Crippen LogP contribution in [0.2, 0.25) is 0 Å². The average Bonchev–Trinajstić information content (AvgIpc) is 2.81. The van der Waals surface area contributed by atoms with Gasteiger partial charge in [0.15, 0.2) is 5.82 Å². The third-order valence-corrected chi connectivity index (χ3v) is 5.77. The molecule has 178 valence electrons. The van der Waals surface area contributed by atoms with Crippen molar-refractivity contribution in [2.24, 2.45) is 0 Å². The molecule has 0 atom stereocenters. The molecule has 1 aromatic heterocycles. The minimum atomic E-state index is -0.513. The summed E-state index contributed by atoms with van der Waals surface area (Å²) in [6.07, 6.45) is 4.18. The zero-order chi connectivity index (χ0) is 24.1. The molecule has 1 heterocycles. The number of halogens is 1. The summed E-state index contributed by atoms with van der Waals surface area (Å²) in [6.45, 7) is 5.55. The van der Waals surface area contributed by atoms with Crippen molar-refractivity contribution >= 4 is 12.0 Å². The summed E-state index contributed by atoms with van der Waals surface area (Å²) < 4.78 is 20.0. The molecule has 0 spiro atoms. The quantitative estimate of drug-likeness (QED) is 0.472. The highest BCUT2D eigenvalue weighted by Gasteiger charge is 2.25. The molecule has 1 aliphatic rings. The summed E-state index contributed by atoms with van der Waals surface area (Å²) in [4.78, 5) is 20.7. The third-order valence-electron chi connectivity index (χ3n) is 5.77. The molecule has 1 amide bonds. The van der Waals surface area contributed by atoms with E-state index in [0.29, 0.717) is 11.5 Å². The number of alkyl carbamates (subject to hydrolysis) is 1. The topological polar surface area (TPSA) is 76.1 Å². The van der Waals surface area contributed by atoms with E-state index in [1.54, 1.807) is 0 Å². The van der Waals surface area contributed by atoms with Gasteiger partial charge in [-0.15, -0.1) is 0 Å². The van der Waals surface area contributed by atoms with Gasteiger partial charge in [-0.05, 0) is 63.6 Å². The van der Waals surface area contributed by atoms with E-state index in [2.05, 4.69) is 20.6 Å². The van der Waals surface area contributed by atoms with Crippen molar-refractivity contribution in [1.82, 2.24) is 15.3 Å². The van der Waals surface area contributed by atoms with Gasteiger partial charge in [-0.2, -0.15) is 0 Å². The van der Waals surface area contributed by atoms with Gasteiger partial charge in [0.25, 0.3) is 0 Å². The number of hydrogen-bond donors (Lipinski definition) is 2. The van der Waals surface area contributed by atoms with Crippen molar-refractivity contribution in [2.45, 2.75) is 64.1 Å². The first kappa shape index (κ1) is 23.7. The van der Waals surface area contributed by atoms with Crippen LogP contribution in [-0.4, -0.2) is 33.7 Å². The highest BCUT2D eigenvalue weighted by Crippen LogP contribution is 2.28. The van der Waals surface area contributed by atoms with Crippen molar-refractivity contribution in [3.63, 3.8) is 0 Å². The van der Waals surface area contributed by atoms with Gasteiger partial charge in [0, 0.05) is 17.6 Å². The number of carbonyl (C=O) groups excluding carboxylic acids is 1. The monoisotopic (exact) mass is 462 g/mol. The van der Waals surface area contributed by atoms with Gasteiger partial charge in [0.05, 0.1) is 6.20 Å². The van der Waals surface area contributed by atoms with Crippen LogP contribution in [0.3, 0.4) is 0 Å². The number of carbonyl (C=O) groups is 1. The fourth-order valence-electron chi connectivity index (χ4n) is 4.15. The van der Waals surface area contributed by atoms with Gasteiger partial charge in [-0.25, -0.2) is 19.2 Å². The number of amides is 1. The molecule has 1 aliphatic carbocycles. The smallest absolute Gasteiger partial charge is 0.407 e. The molecule has 7 heteroatoms. The zero-order valence-corrected chi connectivity index (χ0v) is 19.8. The summed E-state index contributed by atoms with van der Waals surface area (Å²) in [5.41, 5.74) is 2.53. The van der Waals surface area contributed by atoms with Crippen LogP contribution in [0.4, 0.5) is 15.1 Å². The Kier molecular flexibility index (Phi) is 7.10. The molecule has 34 heavy (non-hydrogen) atoms. The van der Waals surface area contributed by atoms with Crippen LogP contribution in [0, 0.1) is 5.82 Å². The van der Waals surface area contributed by atoms with E-state index in [1.807, 2.05) is 75.4 Å². The van der Waals surface area contributed by atoms with Crippen LogP contribution in [0.1, 0.15) is 46.5 Å². The Morgan fingerprint density at radius 1 is 0.941 bits per heavy atom. The van der Waals surface area contributed by atoms with Gasteiger partial charge in [0.2, 0.25) is 5.95 Å². The molecule has 1 saturated carbocycles. The first-order valence-electron chi connectivity index (χ1n) is 11.7. The average molecular weight is 463 g/mol. The first-order chi connectivity index (χ1) is 16.3. The highest BCUT2D eigenvalue weighted by molar-refractivity contribution is 5.72. The highest BCUT2D eigenvalue weighted by atomic mass is 19.1. The van der Waals surface area contributed by atoms with E-state index >= 15 is 0 Å². The second kappa shape index (κ2) is 10.2. The molecule has 2 N–H and O–H groups in total. The number of aromatic nitrogens is 2. The minimum Gasteiger partial charge on any atom is -0.444 e. The van der Waals surface area contributed by atoms with E-state index in [1.165, 1.54) is 6.20 Å². The molecule has 4 rings (SSSR count). The van der Waals surface area contributed by atoms with Gasteiger partial charge < -0.3 is 15.4 Å². The van der Waals surface area contributed by atoms with Gasteiger partial charge >= 0.3 is 6.09 Å². The molecule has 0 aliphatic heterocycles. The summed E-state index contributed by atoms with van der Waals surface area (Å²) in [6, 6.07) is 17.9. The molecule has 0 radical (unpaired) electrons. The van der Waals surface area contributed by atoms with Crippen molar-refractivity contribution < 1.29 is 13.9 Å². The normalized spacial score (nSPS) is 18.2. The minimum absolute atomic E-state index is 0.0818. The zero-order valence-electron chi connectivity index (χ0n) is 19.8. The van der Waals surface area contributed by atoms with Crippen molar-refractivity contribution in [3.05, 3.63) is 66.6 Å². The van der Waals surface area contributed by atoms with Gasteiger partial charge in [0.1, 0.15) is 11.3 Å². The van der Waals surface area contributed by atoms with E-state index < -0.39 is 11.4 Å². The van der Waals surface area contributed by atoms with Crippen molar-refractivity contribution in [1.29, 1.82) is 0 Å². The lowest BCUT2D eigenvalue weighted by Gasteiger charge is -2.30. The predicted octanol–water partition coefficient (Wildman–Crippen LogP) is 6.20. The third kappa shape index (κ3) is 6.31. The number of nitrogens with one attached hydrogen (secondary N) is 2. The number of rotatable bonds is 5. The molecule has 0 saturated heterocycles. The van der Waals surface area contributed by atoms with Gasteiger partial charge in [-0.1, -0.05) is 48.5 Å².